The van der Waals surface area contributed by atoms with Crippen molar-refractivity contribution in [2.24, 2.45) is 0 Å². The van der Waals surface area contributed by atoms with Crippen LogP contribution >= 0.6 is 0 Å². The third-order valence-electron chi connectivity index (χ3n) is 5.99. The van der Waals surface area contributed by atoms with Gasteiger partial charge in [0, 0.05) is 44.9 Å². The third-order valence-corrected chi connectivity index (χ3v) is 5.99. The number of esters is 1. The van der Waals surface area contributed by atoms with E-state index in [1.807, 2.05) is 54.2 Å². The van der Waals surface area contributed by atoms with E-state index in [1.165, 1.54) is 23.4 Å². The fourth-order valence-electron chi connectivity index (χ4n) is 4.02. The van der Waals surface area contributed by atoms with Gasteiger partial charge >= 0.3 is 5.97 Å². The summed E-state index contributed by atoms with van der Waals surface area (Å²) in [6.45, 7) is 1.32. The lowest BCUT2D eigenvalue weighted by Gasteiger charge is -2.24. The quantitative estimate of drug-likeness (QED) is 0.295. The maximum Gasteiger partial charge on any atom is 0.305 e. The average Bonchev–Trinajstić information content (AvgIpc) is 2.85. The first-order chi connectivity index (χ1) is 16.0. The topological polar surface area (TPSA) is 49.9 Å². The van der Waals surface area contributed by atoms with Gasteiger partial charge in [-0.3, -0.25) is 9.59 Å². The van der Waals surface area contributed by atoms with Crippen LogP contribution in [0.5, 0.6) is 0 Å². The predicted octanol–water partition coefficient (Wildman–Crippen LogP) is 5.32. The molecule has 0 radical (unpaired) electrons. The van der Waals surface area contributed by atoms with Crippen LogP contribution in [0.1, 0.15) is 41.6 Å². The molecule has 3 aromatic rings. The highest BCUT2D eigenvalue weighted by atomic mass is 16.5. The summed E-state index contributed by atoms with van der Waals surface area (Å²) in [5.41, 5.74) is 3.02. The SMILES string of the molecule is COC(=O)CCCCCN(CCc1cccc2ccccc12)C(=O)c1ccc(N(C)C)cc1. The molecule has 0 aliphatic heterocycles. The maximum atomic E-state index is 13.4. The Kier molecular flexibility index (Phi) is 8.87. The molecule has 0 spiro atoms. The molecular weight excluding hydrogens is 412 g/mol. The number of benzene rings is 3. The molecule has 3 aromatic carbocycles. The number of hydrogen-bond donors (Lipinski definition) is 0. The second-order valence-electron chi connectivity index (χ2n) is 8.51. The van der Waals surface area contributed by atoms with E-state index in [1.54, 1.807) is 0 Å². The van der Waals surface area contributed by atoms with Gasteiger partial charge in [0.05, 0.1) is 7.11 Å². The molecule has 0 aliphatic carbocycles. The summed E-state index contributed by atoms with van der Waals surface area (Å²) in [5.74, 6) is -0.131. The van der Waals surface area contributed by atoms with Crippen LogP contribution in [0, 0.1) is 0 Å². The minimum Gasteiger partial charge on any atom is -0.469 e. The lowest BCUT2D eigenvalue weighted by molar-refractivity contribution is -0.140. The molecule has 0 unspecified atom stereocenters. The number of amides is 1. The zero-order valence-corrected chi connectivity index (χ0v) is 19.9. The molecule has 0 aromatic heterocycles. The Morgan fingerprint density at radius 2 is 1.55 bits per heavy atom. The number of hydrogen-bond acceptors (Lipinski definition) is 4. The molecule has 0 atom stereocenters. The predicted molar refractivity (Wildman–Crippen MR) is 135 cm³/mol. The monoisotopic (exact) mass is 446 g/mol. The molecule has 0 saturated carbocycles. The van der Waals surface area contributed by atoms with Gasteiger partial charge in [-0.05, 0) is 59.9 Å². The Hall–Kier alpha value is -3.34. The lowest BCUT2D eigenvalue weighted by atomic mass is 10.0. The van der Waals surface area contributed by atoms with Gasteiger partial charge in [0.25, 0.3) is 5.91 Å². The maximum absolute atomic E-state index is 13.4. The van der Waals surface area contributed by atoms with Gasteiger partial charge in [-0.2, -0.15) is 0 Å². The fourth-order valence-corrected chi connectivity index (χ4v) is 4.02. The van der Waals surface area contributed by atoms with Crippen molar-refractivity contribution in [3.8, 4) is 0 Å². The van der Waals surface area contributed by atoms with Crippen LogP contribution in [-0.4, -0.2) is 51.1 Å². The first-order valence-electron chi connectivity index (χ1n) is 11.6. The van der Waals surface area contributed by atoms with Crippen molar-refractivity contribution < 1.29 is 14.3 Å². The highest BCUT2D eigenvalue weighted by Crippen LogP contribution is 2.20. The van der Waals surface area contributed by atoms with Crippen LogP contribution in [-0.2, 0) is 16.0 Å². The molecule has 5 heteroatoms. The molecule has 33 heavy (non-hydrogen) atoms. The normalized spacial score (nSPS) is 10.8. The van der Waals surface area contributed by atoms with E-state index in [2.05, 4.69) is 36.4 Å². The molecule has 0 heterocycles. The summed E-state index contributed by atoms with van der Waals surface area (Å²) in [7, 11) is 5.39. The van der Waals surface area contributed by atoms with Crippen LogP contribution in [0.2, 0.25) is 0 Å². The molecule has 0 saturated heterocycles. The highest BCUT2D eigenvalue weighted by Gasteiger charge is 2.16. The Bertz CT molecular complexity index is 1050. The summed E-state index contributed by atoms with van der Waals surface area (Å²) in [4.78, 5) is 28.7. The van der Waals surface area contributed by atoms with E-state index in [-0.39, 0.29) is 11.9 Å². The summed E-state index contributed by atoms with van der Waals surface area (Å²) in [6, 6.07) is 22.5. The minimum absolute atomic E-state index is 0.0495. The van der Waals surface area contributed by atoms with Crippen molar-refractivity contribution in [3.05, 3.63) is 77.9 Å². The molecular formula is C28H34N2O3. The molecule has 1 amide bonds. The highest BCUT2D eigenvalue weighted by molar-refractivity contribution is 5.94. The smallest absolute Gasteiger partial charge is 0.305 e. The number of fused-ring (bicyclic) bond motifs is 1. The first-order valence-corrected chi connectivity index (χ1v) is 11.6. The number of ether oxygens (including phenoxy) is 1. The first kappa shape index (κ1) is 24.3. The molecule has 0 N–H and O–H groups in total. The van der Waals surface area contributed by atoms with Crippen LogP contribution < -0.4 is 4.90 Å². The number of unbranched alkanes of at least 4 members (excludes halogenated alkanes) is 2. The zero-order chi connectivity index (χ0) is 23.6. The van der Waals surface area contributed by atoms with E-state index in [9.17, 15) is 9.59 Å². The van der Waals surface area contributed by atoms with Crippen molar-refractivity contribution in [2.75, 3.05) is 39.2 Å². The average molecular weight is 447 g/mol. The summed E-state index contributed by atoms with van der Waals surface area (Å²) < 4.78 is 4.72. The van der Waals surface area contributed by atoms with Crippen LogP contribution in [0.15, 0.2) is 66.7 Å². The molecule has 174 valence electrons. The van der Waals surface area contributed by atoms with E-state index >= 15 is 0 Å². The van der Waals surface area contributed by atoms with Crippen molar-refractivity contribution in [1.29, 1.82) is 0 Å². The Balaban J connectivity index is 1.70. The third kappa shape index (κ3) is 6.82. The number of methoxy groups -OCH3 is 1. The van der Waals surface area contributed by atoms with Crippen molar-refractivity contribution in [2.45, 2.75) is 32.1 Å². The summed E-state index contributed by atoms with van der Waals surface area (Å²) in [6.07, 6.45) is 3.73. The number of anilines is 1. The number of carbonyl (C=O) groups excluding carboxylic acids is 2. The van der Waals surface area contributed by atoms with Crippen LogP contribution in [0.25, 0.3) is 10.8 Å². The molecule has 0 bridgehead atoms. The van der Waals surface area contributed by atoms with E-state index in [0.717, 1.165) is 31.4 Å². The number of nitrogens with zero attached hydrogens (tertiary/aromatic N) is 2. The number of carbonyl (C=O) groups is 2. The Labute approximate surface area is 197 Å². The van der Waals surface area contributed by atoms with Crippen LogP contribution in [0.4, 0.5) is 5.69 Å². The van der Waals surface area contributed by atoms with Gasteiger partial charge in [-0.1, -0.05) is 48.9 Å². The Morgan fingerprint density at radius 1 is 0.818 bits per heavy atom. The second-order valence-corrected chi connectivity index (χ2v) is 8.51. The zero-order valence-electron chi connectivity index (χ0n) is 19.9. The summed E-state index contributed by atoms with van der Waals surface area (Å²) in [5, 5.41) is 2.45. The largest absolute Gasteiger partial charge is 0.469 e. The van der Waals surface area contributed by atoms with Crippen LogP contribution in [0.3, 0.4) is 0 Å². The van der Waals surface area contributed by atoms with Crippen molar-refractivity contribution in [1.82, 2.24) is 4.90 Å². The van der Waals surface area contributed by atoms with E-state index in [0.29, 0.717) is 25.1 Å². The Morgan fingerprint density at radius 3 is 2.27 bits per heavy atom. The van der Waals surface area contributed by atoms with E-state index in [4.69, 9.17) is 4.74 Å². The van der Waals surface area contributed by atoms with Gasteiger partial charge in [0.2, 0.25) is 0 Å². The second kappa shape index (κ2) is 12.0. The van der Waals surface area contributed by atoms with Crippen molar-refractivity contribution >= 4 is 28.3 Å². The minimum atomic E-state index is -0.181. The molecule has 0 fully saturated rings. The van der Waals surface area contributed by atoms with Gasteiger partial charge in [0.15, 0.2) is 0 Å². The van der Waals surface area contributed by atoms with Gasteiger partial charge in [0.1, 0.15) is 0 Å². The molecule has 5 nitrogen and oxygen atoms in total. The van der Waals surface area contributed by atoms with Gasteiger partial charge < -0.3 is 14.5 Å². The standard InChI is InChI=1S/C28H34N2O3/c1-29(2)25-17-15-24(16-18-25)28(32)30(20-8-4-5-14-27(31)33-3)21-19-23-12-9-11-22-10-6-7-13-26(22)23/h6-7,9-13,15-18H,4-5,8,14,19-21H2,1-3H3. The number of rotatable bonds is 11. The van der Waals surface area contributed by atoms with E-state index < -0.39 is 0 Å². The molecule has 0 aliphatic rings. The molecule has 3 rings (SSSR count). The summed E-state index contributed by atoms with van der Waals surface area (Å²) >= 11 is 0. The van der Waals surface area contributed by atoms with Crippen molar-refractivity contribution in [3.63, 3.8) is 0 Å². The van der Waals surface area contributed by atoms with Gasteiger partial charge in [-0.25, -0.2) is 0 Å². The van der Waals surface area contributed by atoms with Gasteiger partial charge in [-0.15, -0.1) is 0 Å². The fraction of sp³-hybridized carbons (Fsp3) is 0.357. The lowest BCUT2D eigenvalue weighted by Crippen LogP contribution is -2.34.